The number of amides is 1. The molecule has 3 rings (SSSR count). The molecule has 2 aromatic heterocycles. The van der Waals surface area contributed by atoms with Crippen LogP contribution in [0.5, 0.6) is 0 Å². The summed E-state index contributed by atoms with van der Waals surface area (Å²) in [6.07, 6.45) is 1.32. The van der Waals surface area contributed by atoms with Crippen LogP contribution in [0, 0.1) is 0 Å². The number of aromatic nitrogens is 2. The Labute approximate surface area is 151 Å². The number of nitrogens with one attached hydrogen (secondary N) is 1. The summed E-state index contributed by atoms with van der Waals surface area (Å²) in [4.78, 5) is 29.4. The van der Waals surface area contributed by atoms with E-state index in [-0.39, 0.29) is 29.0 Å². The lowest BCUT2D eigenvalue weighted by Crippen LogP contribution is -2.23. The number of benzene rings is 1. The van der Waals surface area contributed by atoms with Gasteiger partial charge >= 0.3 is 0 Å². The van der Waals surface area contributed by atoms with E-state index in [0.29, 0.717) is 10.5 Å². The van der Waals surface area contributed by atoms with E-state index in [0.717, 1.165) is 11.3 Å². The number of rotatable bonds is 5. The molecular weight excluding hydrogens is 380 g/mol. The van der Waals surface area contributed by atoms with Crippen LogP contribution in [-0.4, -0.2) is 35.6 Å². The zero-order valence-electron chi connectivity index (χ0n) is 13.2. The van der Waals surface area contributed by atoms with Gasteiger partial charge in [0.25, 0.3) is 11.5 Å². The van der Waals surface area contributed by atoms with Crippen molar-refractivity contribution in [1.29, 1.82) is 0 Å². The summed E-state index contributed by atoms with van der Waals surface area (Å²) in [7, 11) is -3.82. The molecule has 0 bridgehead atoms. The number of nitrogens with zero attached hydrogens (tertiary/aromatic N) is 2. The fourth-order valence-electron chi connectivity index (χ4n) is 2.33. The molecule has 2 heterocycles. The van der Waals surface area contributed by atoms with Crippen LogP contribution in [0.15, 0.2) is 45.7 Å². The van der Waals surface area contributed by atoms with Gasteiger partial charge in [-0.15, -0.1) is 11.3 Å². The average Bonchev–Trinajstić information content (AvgIpc) is 3.02. The highest BCUT2D eigenvalue weighted by Crippen LogP contribution is 2.22. The number of thiophene rings is 1. The van der Waals surface area contributed by atoms with Gasteiger partial charge in [0.15, 0.2) is 0 Å². The molecule has 0 aliphatic rings. The highest BCUT2D eigenvalue weighted by Gasteiger charge is 2.18. The topological polar surface area (TPSA) is 144 Å². The lowest BCUT2D eigenvalue weighted by atomic mass is 10.2. The van der Waals surface area contributed by atoms with Crippen LogP contribution in [-0.2, 0) is 16.6 Å². The Balaban J connectivity index is 1.93. The molecule has 0 fully saturated rings. The van der Waals surface area contributed by atoms with Gasteiger partial charge in [0.2, 0.25) is 10.0 Å². The highest BCUT2D eigenvalue weighted by atomic mass is 32.2. The molecule has 0 unspecified atom stereocenters. The summed E-state index contributed by atoms with van der Waals surface area (Å²) in [6.45, 7) is -0.150. The van der Waals surface area contributed by atoms with Crippen LogP contribution in [0.2, 0.25) is 0 Å². The first-order valence-corrected chi connectivity index (χ1v) is 9.75. The number of aliphatic hydroxyl groups excluding tert-OH is 1. The van der Waals surface area contributed by atoms with E-state index in [1.807, 2.05) is 0 Å². The monoisotopic (exact) mass is 394 g/mol. The maximum absolute atomic E-state index is 12.5. The van der Waals surface area contributed by atoms with Crippen molar-refractivity contribution in [3.8, 4) is 0 Å². The van der Waals surface area contributed by atoms with Crippen LogP contribution in [0.4, 0.5) is 5.69 Å². The van der Waals surface area contributed by atoms with E-state index >= 15 is 0 Å². The zero-order valence-corrected chi connectivity index (χ0v) is 14.9. The van der Waals surface area contributed by atoms with Crippen molar-refractivity contribution in [3.63, 3.8) is 0 Å². The van der Waals surface area contributed by atoms with Gasteiger partial charge in [-0.05, 0) is 24.3 Å². The van der Waals surface area contributed by atoms with Gasteiger partial charge in [0.1, 0.15) is 4.83 Å². The molecule has 0 aliphatic carbocycles. The minimum absolute atomic E-state index is 0.0763. The molecule has 0 spiro atoms. The van der Waals surface area contributed by atoms with Gasteiger partial charge < -0.3 is 10.4 Å². The van der Waals surface area contributed by atoms with Crippen molar-refractivity contribution in [1.82, 2.24) is 9.55 Å². The van der Waals surface area contributed by atoms with Crippen LogP contribution in [0.3, 0.4) is 0 Å². The van der Waals surface area contributed by atoms with Crippen LogP contribution in [0.1, 0.15) is 10.4 Å². The summed E-state index contributed by atoms with van der Waals surface area (Å²) >= 11 is 1.16. The quantitative estimate of drug-likeness (QED) is 0.569. The fraction of sp³-hybridized carbons (Fsp3) is 0.133. The Kier molecular flexibility index (Phi) is 4.87. The van der Waals surface area contributed by atoms with Crippen molar-refractivity contribution in [3.05, 3.63) is 51.9 Å². The SMILES string of the molecule is NS(=O)(=O)c1ccc(NC(=O)c2csc3ncn(CCO)c(=O)c23)cc1. The maximum atomic E-state index is 12.5. The number of aliphatic hydroxyl groups is 1. The number of primary sulfonamides is 1. The van der Waals surface area contributed by atoms with Crippen molar-refractivity contribution >= 4 is 43.2 Å². The Morgan fingerprint density at radius 1 is 1.31 bits per heavy atom. The van der Waals surface area contributed by atoms with Crippen LogP contribution in [0.25, 0.3) is 10.2 Å². The average molecular weight is 394 g/mol. The molecular formula is C15H14N4O5S2. The first-order chi connectivity index (χ1) is 12.3. The molecule has 11 heteroatoms. The van der Waals surface area contributed by atoms with Crippen molar-refractivity contribution in [2.75, 3.05) is 11.9 Å². The summed E-state index contributed by atoms with van der Waals surface area (Å²) in [5.74, 6) is -0.528. The Hall–Kier alpha value is -2.60. The number of sulfonamides is 1. The summed E-state index contributed by atoms with van der Waals surface area (Å²) < 4.78 is 23.7. The molecule has 9 nitrogen and oxygen atoms in total. The van der Waals surface area contributed by atoms with Crippen molar-refractivity contribution in [2.24, 2.45) is 5.14 Å². The van der Waals surface area contributed by atoms with E-state index in [9.17, 15) is 18.0 Å². The maximum Gasteiger partial charge on any atom is 0.262 e. The number of hydrogen-bond acceptors (Lipinski definition) is 7. The molecule has 3 aromatic rings. The minimum Gasteiger partial charge on any atom is -0.395 e. The fourth-order valence-corrected chi connectivity index (χ4v) is 3.72. The van der Waals surface area contributed by atoms with E-state index in [1.54, 1.807) is 0 Å². The molecule has 0 saturated carbocycles. The Bertz CT molecular complexity index is 1130. The second kappa shape index (κ2) is 6.96. The van der Waals surface area contributed by atoms with Gasteiger partial charge in [-0.1, -0.05) is 0 Å². The molecule has 0 atom stereocenters. The standard InChI is InChI=1S/C15H14N4O5S2/c16-26(23,24)10-3-1-9(2-4-10)18-13(21)11-7-25-14-12(11)15(22)19(5-6-20)8-17-14/h1-4,7-8,20H,5-6H2,(H,18,21)(H2,16,23,24). The lowest BCUT2D eigenvalue weighted by Gasteiger charge is -2.06. The second-order valence-electron chi connectivity index (χ2n) is 5.32. The van der Waals surface area contributed by atoms with E-state index in [4.69, 9.17) is 10.2 Å². The third-order valence-electron chi connectivity index (χ3n) is 3.59. The largest absolute Gasteiger partial charge is 0.395 e. The van der Waals surface area contributed by atoms with Gasteiger partial charge in [-0.25, -0.2) is 18.5 Å². The van der Waals surface area contributed by atoms with Crippen molar-refractivity contribution in [2.45, 2.75) is 11.4 Å². The Morgan fingerprint density at radius 3 is 2.62 bits per heavy atom. The van der Waals surface area contributed by atoms with Gasteiger partial charge in [0, 0.05) is 11.1 Å². The third kappa shape index (κ3) is 3.51. The minimum atomic E-state index is -3.82. The van der Waals surface area contributed by atoms with Crippen molar-refractivity contribution < 1.29 is 18.3 Å². The molecule has 0 saturated heterocycles. The molecule has 1 aromatic carbocycles. The summed E-state index contributed by atoms with van der Waals surface area (Å²) in [5.41, 5.74) is 0.0895. The van der Waals surface area contributed by atoms with E-state index in [2.05, 4.69) is 10.3 Å². The van der Waals surface area contributed by atoms with Crippen LogP contribution < -0.4 is 16.0 Å². The number of carbonyl (C=O) groups excluding carboxylic acids is 1. The van der Waals surface area contributed by atoms with E-state index in [1.165, 1.54) is 40.5 Å². The van der Waals surface area contributed by atoms with Gasteiger partial charge in [-0.3, -0.25) is 14.2 Å². The molecule has 4 N–H and O–H groups in total. The zero-order chi connectivity index (χ0) is 18.9. The van der Waals surface area contributed by atoms with Crippen LogP contribution >= 0.6 is 11.3 Å². The number of nitrogens with two attached hydrogens (primary N) is 1. The summed E-state index contributed by atoms with van der Waals surface area (Å²) in [6, 6.07) is 5.34. The summed E-state index contributed by atoms with van der Waals surface area (Å²) in [5, 5.41) is 18.3. The smallest absolute Gasteiger partial charge is 0.262 e. The number of anilines is 1. The van der Waals surface area contributed by atoms with Gasteiger partial charge in [0.05, 0.1) is 35.3 Å². The third-order valence-corrected chi connectivity index (χ3v) is 5.40. The molecule has 26 heavy (non-hydrogen) atoms. The highest BCUT2D eigenvalue weighted by molar-refractivity contribution is 7.89. The lowest BCUT2D eigenvalue weighted by molar-refractivity contribution is 0.102. The molecule has 1 amide bonds. The number of fused-ring (bicyclic) bond motifs is 1. The Morgan fingerprint density at radius 2 is 2.00 bits per heavy atom. The predicted molar refractivity (Wildman–Crippen MR) is 96.7 cm³/mol. The van der Waals surface area contributed by atoms with Gasteiger partial charge in [-0.2, -0.15) is 0 Å². The van der Waals surface area contributed by atoms with E-state index < -0.39 is 21.5 Å². The molecule has 136 valence electrons. The first-order valence-electron chi connectivity index (χ1n) is 7.33. The molecule has 0 aliphatic heterocycles. The number of hydrogen-bond donors (Lipinski definition) is 3. The predicted octanol–water partition coefficient (Wildman–Crippen LogP) is 0.350. The normalized spacial score (nSPS) is 11.6. The molecule has 0 radical (unpaired) electrons. The first kappa shape index (κ1) is 18.2. The second-order valence-corrected chi connectivity index (χ2v) is 7.74. The number of carbonyl (C=O) groups is 1.